The van der Waals surface area contributed by atoms with Crippen LogP contribution in [0.5, 0.6) is 5.75 Å². The van der Waals surface area contributed by atoms with Crippen LogP contribution in [0.25, 0.3) is 0 Å². The molecule has 1 unspecified atom stereocenters. The van der Waals surface area contributed by atoms with Crippen LogP contribution in [0.15, 0.2) is 18.2 Å². The molecule has 1 aromatic rings. The summed E-state index contributed by atoms with van der Waals surface area (Å²) in [4.78, 5) is 0. The largest absolute Gasteiger partial charge is 0.489 e. The van der Waals surface area contributed by atoms with Crippen LogP contribution in [-0.2, 0) is 12.8 Å². The second-order valence-corrected chi connectivity index (χ2v) is 4.83. The maximum Gasteiger partial charge on any atom is 0.123 e. The predicted molar refractivity (Wildman–Crippen MR) is 65.0 cm³/mol. The number of rotatable bonds is 2. The molecule has 2 aliphatic rings. The molecule has 0 radical (unpaired) electrons. The van der Waals surface area contributed by atoms with Gasteiger partial charge in [0, 0.05) is 6.54 Å². The molecule has 1 aliphatic carbocycles. The zero-order valence-electron chi connectivity index (χ0n) is 9.67. The Labute approximate surface area is 97.0 Å². The van der Waals surface area contributed by atoms with Gasteiger partial charge in [0.15, 0.2) is 0 Å². The standard InChI is InChI=1S/C14H19NO/c1-4-11-5-2-8-14(13(11)7-1)16-12-6-3-9-15-10-12/h2,5,8,12,15H,1,3-4,6-7,9-10H2. The molecule has 16 heavy (non-hydrogen) atoms. The van der Waals surface area contributed by atoms with Crippen LogP contribution >= 0.6 is 0 Å². The van der Waals surface area contributed by atoms with E-state index in [9.17, 15) is 0 Å². The van der Waals surface area contributed by atoms with Gasteiger partial charge in [-0.1, -0.05) is 12.1 Å². The van der Waals surface area contributed by atoms with E-state index in [1.807, 2.05) is 0 Å². The van der Waals surface area contributed by atoms with E-state index in [0.29, 0.717) is 6.10 Å². The van der Waals surface area contributed by atoms with E-state index >= 15 is 0 Å². The molecule has 86 valence electrons. The summed E-state index contributed by atoms with van der Waals surface area (Å²) in [5, 5.41) is 3.40. The van der Waals surface area contributed by atoms with Crippen molar-refractivity contribution in [3.63, 3.8) is 0 Å². The first-order valence-corrected chi connectivity index (χ1v) is 6.41. The van der Waals surface area contributed by atoms with Crippen molar-refractivity contribution in [1.29, 1.82) is 0 Å². The summed E-state index contributed by atoms with van der Waals surface area (Å²) >= 11 is 0. The Bertz CT molecular complexity index is 369. The third-order valence-electron chi connectivity index (χ3n) is 3.65. The summed E-state index contributed by atoms with van der Waals surface area (Å²) in [5.74, 6) is 1.14. The van der Waals surface area contributed by atoms with Gasteiger partial charge in [-0.25, -0.2) is 0 Å². The van der Waals surface area contributed by atoms with Crippen molar-refractivity contribution in [2.45, 2.75) is 38.2 Å². The van der Waals surface area contributed by atoms with Crippen molar-refractivity contribution < 1.29 is 4.74 Å². The average Bonchev–Trinajstić information content (AvgIpc) is 2.80. The van der Waals surface area contributed by atoms with Crippen LogP contribution < -0.4 is 10.1 Å². The van der Waals surface area contributed by atoms with Crippen LogP contribution in [0.3, 0.4) is 0 Å². The van der Waals surface area contributed by atoms with Crippen molar-refractivity contribution >= 4 is 0 Å². The first-order valence-electron chi connectivity index (χ1n) is 6.41. The summed E-state index contributed by atoms with van der Waals surface area (Å²) in [6.07, 6.45) is 6.52. The summed E-state index contributed by atoms with van der Waals surface area (Å²) in [6.45, 7) is 2.15. The molecule has 1 atom stereocenters. The molecule has 1 saturated heterocycles. The van der Waals surface area contributed by atoms with Crippen LogP contribution in [0.1, 0.15) is 30.4 Å². The Morgan fingerprint density at radius 1 is 1.19 bits per heavy atom. The number of aryl methyl sites for hydroxylation is 1. The highest BCUT2D eigenvalue weighted by Gasteiger charge is 2.19. The highest BCUT2D eigenvalue weighted by molar-refractivity contribution is 5.43. The number of fused-ring (bicyclic) bond motifs is 1. The molecule has 1 aromatic carbocycles. The van der Waals surface area contributed by atoms with Crippen molar-refractivity contribution in [2.75, 3.05) is 13.1 Å². The highest BCUT2D eigenvalue weighted by atomic mass is 16.5. The van der Waals surface area contributed by atoms with E-state index in [1.54, 1.807) is 0 Å². The second kappa shape index (κ2) is 4.46. The van der Waals surface area contributed by atoms with Gasteiger partial charge < -0.3 is 10.1 Å². The molecule has 2 heteroatoms. The number of hydrogen-bond donors (Lipinski definition) is 1. The summed E-state index contributed by atoms with van der Waals surface area (Å²) in [5.41, 5.74) is 2.97. The van der Waals surface area contributed by atoms with Gasteiger partial charge >= 0.3 is 0 Å². The van der Waals surface area contributed by atoms with E-state index in [1.165, 1.54) is 43.2 Å². The SMILES string of the molecule is c1cc2c(c(OC3CCCNC3)c1)CCC2. The third-order valence-corrected chi connectivity index (χ3v) is 3.65. The Hall–Kier alpha value is -1.02. The fourth-order valence-corrected chi connectivity index (χ4v) is 2.80. The monoisotopic (exact) mass is 217 g/mol. The Morgan fingerprint density at radius 2 is 2.19 bits per heavy atom. The second-order valence-electron chi connectivity index (χ2n) is 4.83. The zero-order chi connectivity index (χ0) is 10.8. The van der Waals surface area contributed by atoms with Gasteiger partial charge in [-0.15, -0.1) is 0 Å². The van der Waals surface area contributed by atoms with E-state index in [-0.39, 0.29) is 0 Å². The lowest BCUT2D eigenvalue weighted by molar-refractivity contribution is 0.166. The normalized spacial score (nSPS) is 24.1. The van der Waals surface area contributed by atoms with Crippen LogP contribution in [0.4, 0.5) is 0 Å². The van der Waals surface area contributed by atoms with E-state index < -0.39 is 0 Å². The fraction of sp³-hybridized carbons (Fsp3) is 0.571. The number of ether oxygens (including phenoxy) is 1. The van der Waals surface area contributed by atoms with E-state index in [4.69, 9.17) is 4.74 Å². The minimum atomic E-state index is 0.376. The van der Waals surface area contributed by atoms with Crippen molar-refractivity contribution in [3.05, 3.63) is 29.3 Å². The first-order chi connectivity index (χ1) is 7.93. The number of piperidine rings is 1. The maximum absolute atomic E-state index is 6.14. The molecule has 0 bridgehead atoms. The predicted octanol–water partition coefficient (Wildman–Crippen LogP) is 2.31. The van der Waals surface area contributed by atoms with Crippen molar-refractivity contribution in [3.8, 4) is 5.75 Å². The van der Waals surface area contributed by atoms with Crippen LogP contribution in [0, 0.1) is 0 Å². The Morgan fingerprint density at radius 3 is 3.06 bits per heavy atom. The van der Waals surface area contributed by atoms with Crippen molar-refractivity contribution in [1.82, 2.24) is 5.32 Å². The molecule has 3 rings (SSSR count). The van der Waals surface area contributed by atoms with Crippen LogP contribution in [-0.4, -0.2) is 19.2 Å². The van der Waals surface area contributed by atoms with Gasteiger partial charge in [-0.2, -0.15) is 0 Å². The van der Waals surface area contributed by atoms with E-state index in [0.717, 1.165) is 18.8 Å². The number of nitrogens with one attached hydrogen (secondary N) is 1. The van der Waals surface area contributed by atoms with E-state index in [2.05, 4.69) is 23.5 Å². The minimum Gasteiger partial charge on any atom is -0.489 e. The molecule has 1 heterocycles. The fourth-order valence-electron chi connectivity index (χ4n) is 2.80. The lowest BCUT2D eigenvalue weighted by Crippen LogP contribution is -2.37. The summed E-state index contributed by atoms with van der Waals surface area (Å²) < 4.78 is 6.14. The first kappa shape index (κ1) is 10.2. The molecular weight excluding hydrogens is 198 g/mol. The van der Waals surface area contributed by atoms with Gasteiger partial charge in [0.1, 0.15) is 11.9 Å². The zero-order valence-corrected chi connectivity index (χ0v) is 9.67. The molecule has 1 N–H and O–H groups in total. The molecule has 1 aliphatic heterocycles. The Balaban J connectivity index is 1.76. The van der Waals surface area contributed by atoms with Gasteiger partial charge in [-0.05, 0) is 55.8 Å². The Kier molecular flexibility index (Phi) is 2.83. The highest BCUT2D eigenvalue weighted by Crippen LogP contribution is 2.31. The quantitative estimate of drug-likeness (QED) is 0.820. The molecule has 0 spiro atoms. The molecular formula is C14H19NO. The molecule has 1 fully saturated rings. The lowest BCUT2D eigenvalue weighted by atomic mass is 10.1. The molecule has 0 saturated carbocycles. The smallest absolute Gasteiger partial charge is 0.123 e. The molecule has 2 nitrogen and oxygen atoms in total. The maximum atomic E-state index is 6.14. The van der Waals surface area contributed by atoms with Crippen molar-refractivity contribution in [2.24, 2.45) is 0 Å². The number of hydrogen-bond acceptors (Lipinski definition) is 2. The van der Waals surface area contributed by atoms with Crippen LogP contribution in [0.2, 0.25) is 0 Å². The molecule has 0 aromatic heterocycles. The topological polar surface area (TPSA) is 21.3 Å². The molecule has 0 amide bonds. The van der Waals surface area contributed by atoms with Gasteiger partial charge in [0.25, 0.3) is 0 Å². The lowest BCUT2D eigenvalue weighted by Gasteiger charge is -2.25. The van der Waals surface area contributed by atoms with Gasteiger partial charge in [-0.3, -0.25) is 0 Å². The summed E-state index contributed by atoms with van der Waals surface area (Å²) in [7, 11) is 0. The van der Waals surface area contributed by atoms with Gasteiger partial charge in [0.05, 0.1) is 0 Å². The summed E-state index contributed by atoms with van der Waals surface area (Å²) in [6, 6.07) is 6.52. The minimum absolute atomic E-state index is 0.376. The number of benzene rings is 1. The average molecular weight is 217 g/mol. The van der Waals surface area contributed by atoms with Gasteiger partial charge in [0.2, 0.25) is 0 Å². The third kappa shape index (κ3) is 1.94.